The molecule has 2 unspecified atom stereocenters. The number of nitrogens with one attached hydrogen (secondary N) is 1. The molecule has 0 aliphatic heterocycles. The number of carbonyl (C=O) groups excluding carboxylic acids is 1. The molecule has 5 heteroatoms. The van der Waals surface area contributed by atoms with Gasteiger partial charge in [0, 0.05) is 5.69 Å². The second kappa shape index (κ2) is 8.09. The third kappa shape index (κ3) is 4.78. The molecule has 0 heterocycles. The number of benzene rings is 1. The van der Waals surface area contributed by atoms with E-state index in [0.29, 0.717) is 24.4 Å². The molecule has 1 saturated carbocycles. The molecule has 2 atom stereocenters. The summed E-state index contributed by atoms with van der Waals surface area (Å²) in [7, 11) is 0. The number of carbonyl (C=O) groups is 2. The summed E-state index contributed by atoms with van der Waals surface area (Å²) in [6.45, 7) is 1.83. The predicted octanol–water partition coefficient (Wildman–Crippen LogP) is 4.07. The maximum Gasteiger partial charge on any atom is 0.307 e. The molecule has 1 aromatic carbocycles. The number of halogens is 1. The van der Waals surface area contributed by atoms with E-state index in [4.69, 9.17) is 0 Å². The summed E-state index contributed by atoms with van der Waals surface area (Å²) in [5.74, 6) is -2.41. The Kier molecular flexibility index (Phi) is 6.13. The number of carboxylic acid groups (broad SMARTS) is 1. The van der Waals surface area contributed by atoms with E-state index in [1.165, 1.54) is 24.3 Å². The minimum absolute atomic E-state index is 0.301. The zero-order valence-electron chi connectivity index (χ0n) is 13.4. The van der Waals surface area contributed by atoms with Crippen molar-refractivity contribution in [1.82, 2.24) is 0 Å². The van der Waals surface area contributed by atoms with Crippen molar-refractivity contribution in [1.29, 1.82) is 0 Å². The van der Waals surface area contributed by atoms with Crippen molar-refractivity contribution in [3.63, 3.8) is 0 Å². The van der Waals surface area contributed by atoms with Crippen LogP contribution in [0.1, 0.15) is 45.4 Å². The van der Waals surface area contributed by atoms with E-state index in [0.717, 1.165) is 25.7 Å². The van der Waals surface area contributed by atoms with Crippen LogP contribution in [0.4, 0.5) is 10.1 Å². The van der Waals surface area contributed by atoms with Crippen LogP contribution in [0.5, 0.6) is 0 Å². The summed E-state index contributed by atoms with van der Waals surface area (Å²) in [6, 6.07) is 5.49. The highest BCUT2D eigenvalue weighted by molar-refractivity contribution is 5.95. The van der Waals surface area contributed by atoms with E-state index in [1.54, 1.807) is 0 Å². The zero-order valence-corrected chi connectivity index (χ0v) is 13.4. The molecule has 2 rings (SSSR count). The van der Waals surface area contributed by atoms with E-state index in [-0.39, 0.29) is 11.7 Å². The first-order chi connectivity index (χ1) is 11.0. The number of carboxylic acids is 1. The Morgan fingerprint density at radius 3 is 2.35 bits per heavy atom. The average Bonchev–Trinajstić information content (AvgIpc) is 3.02. The van der Waals surface area contributed by atoms with Crippen molar-refractivity contribution in [2.24, 2.45) is 17.8 Å². The van der Waals surface area contributed by atoms with Crippen molar-refractivity contribution in [3.05, 3.63) is 30.1 Å². The lowest BCUT2D eigenvalue weighted by Crippen LogP contribution is -2.34. The summed E-state index contributed by atoms with van der Waals surface area (Å²) >= 11 is 0. The smallest absolute Gasteiger partial charge is 0.307 e. The van der Waals surface area contributed by atoms with Gasteiger partial charge in [-0.15, -0.1) is 0 Å². The molecule has 23 heavy (non-hydrogen) atoms. The molecular weight excluding hydrogens is 297 g/mol. The van der Waals surface area contributed by atoms with Gasteiger partial charge in [0.25, 0.3) is 0 Å². The van der Waals surface area contributed by atoms with Gasteiger partial charge in [-0.05, 0) is 43.0 Å². The summed E-state index contributed by atoms with van der Waals surface area (Å²) in [6.07, 6.45) is 5.44. The van der Waals surface area contributed by atoms with Gasteiger partial charge in [0.15, 0.2) is 0 Å². The molecule has 0 saturated heterocycles. The number of anilines is 1. The summed E-state index contributed by atoms with van der Waals surface area (Å²) in [4.78, 5) is 24.1. The first kappa shape index (κ1) is 17.4. The monoisotopic (exact) mass is 321 g/mol. The van der Waals surface area contributed by atoms with Crippen LogP contribution in [0.2, 0.25) is 0 Å². The molecule has 1 aliphatic rings. The number of rotatable bonds is 7. The van der Waals surface area contributed by atoms with Gasteiger partial charge in [0.2, 0.25) is 5.91 Å². The summed E-state index contributed by atoms with van der Waals surface area (Å²) < 4.78 is 12.9. The van der Waals surface area contributed by atoms with Crippen LogP contribution in [0.3, 0.4) is 0 Å². The Bertz CT molecular complexity index is 538. The molecule has 1 aromatic rings. The minimum atomic E-state index is -0.905. The van der Waals surface area contributed by atoms with Crippen molar-refractivity contribution in [3.8, 4) is 0 Å². The maximum absolute atomic E-state index is 12.9. The molecule has 4 nitrogen and oxygen atoms in total. The standard InChI is InChI=1S/C18H24FNO3/c1-2-15(16(18(22)23)11-12-5-3-4-6-12)17(21)20-14-9-7-13(19)8-10-14/h7-10,12,15-16H,2-6,11H2,1H3,(H,20,21)(H,22,23). The Balaban J connectivity index is 2.05. The Labute approximate surface area is 136 Å². The lowest BCUT2D eigenvalue weighted by atomic mass is 9.81. The molecule has 0 bridgehead atoms. The fraction of sp³-hybridized carbons (Fsp3) is 0.556. The van der Waals surface area contributed by atoms with E-state index in [2.05, 4.69) is 5.32 Å². The Morgan fingerprint density at radius 2 is 1.83 bits per heavy atom. The van der Waals surface area contributed by atoms with Crippen molar-refractivity contribution in [2.45, 2.75) is 45.4 Å². The zero-order chi connectivity index (χ0) is 16.8. The first-order valence-electron chi connectivity index (χ1n) is 8.30. The highest BCUT2D eigenvalue weighted by Gasteiger charge is 2.35. The third-order valence-corrected chi connectivity index (χ3v) is 4.75. The number of hydrogen-bond acceptors (Lipinski definition) is 2. The van der Waals surface area contributed by atoms with Gasteiger partial charge in [-0.25, -0.2) is 4.39 Å². The Hall–Kier alpha value is -1.91. The molecular formula is C18H24FNO3. The van der Waals surface area contributed by atoms with Gasteiger partial charge in [-0.1, -0.05) is 32.6 Å². The lowest BCUT2D eigenvalue weighted by Gasteiger charge is -2.24. The van der Waals surface area contributed by atoms with Gasteiger partial charge < -0.3 is 10.4 Å². The van der Waals surface area contributed by atoms with Crippen LogP contribution in [0.15, 0.2) is 24.3 Å². The molecule has 1 fully saturated rings. The van der Waals surface area contributed by atoms with E-state index < -0.39 is 17.8 Å². The van der Waals surface area contributed by atoms with Gasteiger partial charge >= 0.3 is 5.97 Å². The normalized spacial score (nSPS) is 17.7. The van der Waals surface area contributed by atoms with Crippen molar-refractivity contribution >= 4 is 17.6 Å². The highest BCUT2D eigenvalue weighted by Crippen LogP contribution is 2.34. The highest BCUT2D eigenvalue weighted by atomic mass is 19.1. The SMILES string of the molecule is CCC(C(=O)Nc1ccc(F)cc1)C(CC1CCCC1)C(=O)O. The van der Waals surface area contributed by atoms with Crippen LogP contribution in [0, 0.1) is 23.6 Å². The number of hydrogen-bond donors (Lipinski definition) is 2. The van der Waals surface area contributed by atoms with Gasteiger partial charge in [-0.2, -0.15) is 0 Å². The second-order valence-electron chi connectivity index (χ2n) is 6.34. The number of amides is 1. The van der Waals surface area contributed by atoms with Crippen LogP contribution in [0.25, 0.3) is 0 Å². The maximum atomic E-state index is 12.9. The molecule has 2 N–H and O–H groups in total. The van der Waals surface area contributed by atoms with Crippen LogP contribution >= 0.6 is 0 Å². The molecule has 0 radical (unpaired) electrons. The third-order valence-electron chi connectivity index (χ3n) is 4.75. The molecule has 1 amide bonds. The van der Waals surface area contributed by atoms with Gasteiger partial charge in [0.1, 0.15) is 5.82 Å². The predicted molar refractivity (Wildman–Crippen MR) is 86.5 cm³/mol. The van der Waals surface area contributed by atoms with Crippen molar-refractivity contribution < 1.29 is 19.1 Å². The average molecular weight is 321 g/mol. The fourth-order valence-corrected chi connectivity index (χ4v) is 3.46. The quantitative estimate of drug-likeness (QED) is 0.795. The lowest BCUT2D eigenvalue weighted by molar-refractivity contribution is -0.147. The van der Waals surface area contributed by atoms with Crippen LogP contribution in [-0.4, -0.2) is 17.0 Å². The van der Waals surface area contributed by atoms with E-state index in [1.807, 2.05) is 6.92 Å². The largest absolute Gasteiger partial charge is 0.481 e. The van der Waals surface area contributed by atoms with Crippen LogP contribution in [-0.2, 0) is 9.59 Å². The molecule has 0 spiro atoms. The summed E-state index contributed by atoms with van der Waals surface area (Å²) in [5.41, 5.74) is 0.486. The number of aliphatic carboxylic acids is 1. The van der Waals surface area contributed by atoms with Crippen LogP contribution < -0.4 is 5.32 Å². The van der Waals surface area contributed by atoms with E-state index in [9.17, 15) is 19.1 Å². The first-order valence-corrected chi connectivity index (χ1v) is 8.30. The molecule has 0 aromatic heterocycles. The minimum Gasteiger partial charge on any atom is -0.481 e. The summed E-state index contributed by atoms with van der Waals surface area (Å²) in [5, 5.41) is 12.3. The Morgan fingerprint density at radius 1 is 1.22 bits per heavy atom. The topological polar surface area (TPSA) is 66.4 Å². The fourth-order valence-electron chi connectivity index (χ4n) is 3.46. The van der Waals surface area contributed by atoms with Crippen molar-refractivity contribution in [2.75, 3.05) is 5.32 Å². The van der Waals surface area contributed by atoms with Gasteiger partial charge in [-0.3, -0.25) is 9.59 Å². The molecule has 126 valence electrons. The second-order valence-corrected chi connectivity index (χ2v) is 6.34. The van der Waals surface area contributed by atoms with Gasteiger partial charge in [0.05, 0.1) is 11.8 Å². The molecule has 1 aliphatic carbocycles. The van der Waals surface area contributed by atoms with E-state index >= 15 is 0 Å².